The Morgan fingerprint density at radius 3 is 1.13 bits per heavy atom. The lowest BCUT2D eigenvalue weighted by Gasteiger charge is -2.13. The van der Waals surface area contributed by atoms with E-state index in [1.165, 1.54) is 11.1 Å². The second-order valence-corrected chi connectivity index (χ2v) is 15.8. The van der Waals surface area contributed by atoms with Gasteiger partial charge in [0.1, 0.15) is 11.6 Å². The number of aromatic nitrogens is 7. The van der Waals surface area contributed by atoms with E-state index in [0.717, 1.165) is 72.9 Å². The van der Waals surface area contributed by atoms with Crippen molar-refractivity contribution in [2.75, 3.05) is 0 Å². The molecule has 0 N–H and O–H groups in total. The molecule has 0 bridgehead atoms. The molecule has 3 heterocycles. The highest BCUT2D eigenvalue weighted by Gasteiger charge is 2.19. The maximum Gasteiger partial charge on any atom is 0.164 e. The van der Waals surface area contributed by atoms with E-state index < -0.39 is 0 Å². The van der Waals surface area contributed by atoms with Crippen molar-refractivity contribution >= 4 is 22.1 Å². The summed E-state index contributed by atoms with van der Waals surface area (Å²) in [5, 5.41) is 0. The molecule has 0 spiro atoms. The van der Waals surface area contributed by atoms with Crippen molar-refractivity contribution < 1.29 is 0 Å². The molecular weight excluding hydrogens is 735 g/mol. The number of benzene rings is 7. The van der Waals surface area contributed by atoms with Crippen molar-refractivity contribution in [2.45, 2.75) is 39.5 Å². The summed E-state index contributed by atoms with van der Waals surface area (Å²) in [6.07, 6.45) is 0. The Morgan fingerprint density at radius 1 is 0.333 bits per heavy atom. The molecule has 0 saturated heterocycles. The lowest BCUT2D eigenvalue weighted by atomic mass is 10.0. The fourth-order valence-electron chi connectivity index (χ4n) is 7.92. The quantitative estimate of drug-likeness (QED) is 0.146. The van der Waals surface area contributed by atoms with Gasteiger partial charge >= 0.3 is 0 Å². The minimum absolute atomic E-state index is 0.444. The van der Waals surface area contributed by atoms with Crippen LogP contribution >= 0.6 is 0 Å². The van der Waals surface area contributed by atoms with Gasteiger partial charge in [0.05, 0.1) is 22.1 Å². The maximum absolute atomic E-state index is 5.19. The first kappa shape index (κ1) is 36.8. The van der Waals surface area contributed by atoms with Gasteiger partial charge in [0, 0.05) is 39.2 Å². The second kappa shape index (κ2) is 15.3. The van der Waals surface area contributed by atoms with Gasteiger partial charge < -0.3 is 0 Å². The Labute approximate surface area is 349 Å². The van der Waals surface area contributed by atoms with E-state index in [1.54, 1.807) is 0 Å². The van der Waals surface area contributed by atoms with Crippen molar-refractivity contribution in [1.82, 2.24) is 34.1 Å². The zero-order valence-corrected chi connectivity index (χ0v) is 34.0. The number of rotatable bonds is 9. The third-order valence-electron chi connectivity index (χ3n) is 11.2. The Hall–Kier alpha value is -7.51. The predicted molar refractivity (Wildman–Crippen MR) is 244 cm³/mol. The Morgan fingerprint density at radius 2 is 0.700 bits per heavy atom. The van der Waals surface area contributed by atoms with Crippen LogP contribution in [0.3, 0.4) is 0 Å². The van der Waals surface area contributed by atoms with Gasteiger partial charge in [0.15, 0.2) is 17.5 Å². The van der Waals surface area contributed by atoms with Crippen LogP contribution in [0.5, 0.6) is 0 Å². The van der Waals surface area contributed by atoms with Gasteiger partial charge in [-0.1, -0.05) is 143 Å². The van der Waals surface area contributed by atoms with E-state index in [4.69, 9.17) is 24.9 Å². The Bertz CT molecular complexity index is 2950. The molecule has 0 unspecified atom stereocenters. The van der Waals surface area contributed by atoms with Gasteiger partial charge in [-0.15, -0.1) is 0 Å². The molecule has 0 aliphatic heterocycles. The molecule has 7 aromatic carbocycles. The topological polar surface area (TPSA) is 74.3 Å². The lowest BCUT2D eigenvalue weighted by Crippen LogP contribution is -2.02. The van der Waals surface area contributed by atoms with Crippen molar-refractivity contribution in [3.63, 3.8) is 0 Å². The summed E-state index contributed by atoms with van der Waals surface area (Å²) in [5.74, 6) is 4.34. The van der Waals surface area contributed by atoms with Crippen LogP contribution in [0.4, 0.5) is 0 Å². The van der Waals surface area contributed by atoms with Crippen LogP contribution in [-0.4, -0.2) is 34.1 Å². The minimum Gasteiger partial charge on any atom is -0.292 e. The second-order valence-electron chi connectivity index (χ2n) is 15.8. The summed E-state index contributed by atoms with van der Waals surface area (Å²) in [6.45, 7) is 8.87. The summed E-state index contributed by atoms with van der Waals surface area (Å²) in [6, 6.07) is 61.0. The zero-order chi connectivity index (χ0) is 40.7. The van der Waals surface area contributed by atoms with Gasteiger partial charge in [-0.25, -0.2) is 24.9 Å². The van der Waals surface area contributed by atoms with Gasteiger partial charge in [-0.05, 0) is 83.6 Å². The first-order chi connectivity index (χ1) is 29.4. The van der Waals surface area contributed by atoms with E-state index in [-0.39, 0.29) is 0 Å². The van der Waals surface area contributed by atoms with Crippen LogP contribution in [0.2, 0.25) is 0 Å². The number of hydrogen-bond acceptors (Lipinski definition) is 5. The molecule has 0 radical (unpaired) electrons. The largest absolute Gasteiger partial charge is 0.292 e. The average Bonchev–Trinajstić information content (AvgIpc) is 3.89. The van der Waals surface area contributed by atoms with Crippen LogP contribution in [0.1, 0.15) is 50.7 Å². The summed E-state index contributed by atoms with van der Waals surface area (Å²) in [7, 11) is 0. The van der Waals surface area contributed by atoms with Crippen LogP contribution in [0.25, 0.3) is 90.4 Å². The standard InChI is InChI=1S/C53H43N7/c1-34(2)36-24-28-43(29-25-36)59-47-22-10-8-20-45(47)54-52(59)41-18-12-16-39(32-41)50-56-49(38-14-6-5-7-15-38)57-51(58-50)40-17-13-19-42(33-40)53-55-46-21-9-11-23-48(46)60(53)44-30-26-37(27-31-44)35(3)4/h5-35H,1-4H3. The third kappa shape index (κ3) is 6.84. The average molecular weight is 778 g/mol. The van der Waals surface area contributed by atoms with Crippen molar-refractivity contribution in [2.24, 2.45) is 0 Å². The molecule has 3 aromatic heterocycles. The smallest absolute Gasteiger partial charge is 0.164 e. The highest BCUT2D eigenvalue weighted by Crippen LogP contribution is 2.35. The lowest BCUT2D eigenvalue weighted by molar-refractivity contribution is 0.865. The molecule has 60 heavy (non-hydrogen) atoms. The molecule has 7 heteroatoms. The molecule has 7 nitrogen and oxygen atoms in total. The Kier molecular flexibility index (Phi) is 9.41. The van der Waals surface area contributed by atoms with Crippen LogP contribution in [-0.2, 0) is 0 Å². The SMILES string of the molecule is CC(C)c1ccc(-n2c(-c3cccc(-c4nc(-c5ccccc5)nc(-c5cccc(-c6nc7ccccc7n6-c6ccc(C(C)C)cc6)c5)n4)c3)nc3ccccc32)cc1. The first-order valence-corrected chi connectivity index (χ1v) is 20.6. The molecule has 0 aliphatic carbocycles. The summed E-state index contributed by atoms with van der Waals surface area (Å²) < 4.78 is 4.48. The summed E-state index contributed by atoms with van der Waals surface area (Å²) >= 11 is 0. The highest BCUT2D eigenvalue weighted by atomic mass is 15.1. The molecule has 0 aliphatic rings. The van der Waals surface area contributed by atoms with E-state index in [2.05, 4.69) is 170 Å². The monoisotopic (exact) mass is 777 g/mol. The fraction of sp³-hybridized carbons (Fsp3) is 0.113. The van der Waals surface area contributed by atoms with Gasteiger partial charge in [0.2, 0.25) is 0 Å². The van der Waals surface area contributed by atoms with Gasteiger partial charge in [-0.3, -0.25) is 9.13 Å². The van der Waals surface area contributed by atoms with E-state index >= 15 is 0 Å². The highest BCUT2D eigenvalue weighted by molar-refractivity contribution is 5.85. The first-order valence-electron chi connectivity index (χ1n) is 20.6. The minimum atomic E-state index is 0.444. The summed E-state index contributed by atoms with van der Waals surface area (Å²) in [5.41, 5.74) is 13.2. The van der Waals surface area contributed by atoms with Crippen LogP contribution in [0, 0.1) is 0 Å². The molecule has 10 rings (SSSR count). The third-order valence-corrected chi connectivity index (χ3v) is 11.2. The normalized spacial score (nSPS) is 11.6. The van der Waals surface area contributed by atoms with Crippen molar-refractivity contribution in [3.8, 4) is 68.3 Å². The van der Waals surface area contributed by atoms with Crippen LogP contribution < -0.4 is 0 Å². The fourth-order valence-corrected chi connectivity index (χ4v) is 7.92. The van der Waals surface area contributed by atoms with E-state index in [0.29, 0.717) is 29.3 Å². The number of para-hydroxylation sites is 4. The zero-order valence-electron chi connectivity index (χ0n) is 34.0. The Balaban J connectivity index is 1.10. The van der Waals surface area contributed by atoms with Gasteiger partial charge in [0.25, 0.3) is 0 Å². The van der Waals surface area contributed by atoms with Crippen molar-refractivity contribution in [3.05, 3.63) is 187 Å². The maximum atomic E-state index is 5.19. The molecule has 0 fully saturated rings. The number of imidazole rings is 2. The number of hydrogen-bond donors (Lipinski definition) is 0. The van der Waals surface area contributed by atoms with Gasteiger partial charge in [-0.2, -0.15) is 0 Å². The molecule has 0 amide bonds. The molecule has 0 saturated carbocycles. The van der Waals surface area contributed by atoms with E-state index in [9.17, 15) is 0 Å². The van der Waals surface area contributed by atoms with Crippen molar-refractivity contribution in [1.29, 1.82) is 0 Å². The molecule has 0 atom stereocenters. The van der Waals surface area contributed by atoms with E-state index in [1.807, 2.05) is 42.5 Å². The predicted octanol–water partition coefficient (Wildman–Crippen LogP) is 13.1. The molecule has 290 valence electrons. The molecular formula is C53H43N7. The number of nitrogens with zero attached hydrogens (tertiary/aromatic N) is 7. The van der Waals surface area contributed by atoms with Crippen LogP contribution in [0.15, 0.2) is 176 Å². The molecule has 10 aromatic rings. The summed E-state index contributed by atoms with van der Waals surface area (Å²) in [4.78, 5) is 25.7. The number of fused-ring (bicyclic) bond motifs is 2.